The Morgan fingerprint density at radius 2 is 2.20 bits per heavy atom. The van der Waals surface area contributed by atoms with Crippen LogP contribution in [-0.4, -0.2) is 20.0 Å². The monoisotopic (exact) mass is 206 g/mol. The van der Waals surface area contributed by atoms with E-state index < -0.39 is 0 Å². The Hall–Kier alpha value is -1.06. The predicted molar refractivity (Wildman–Crippen MR) is 54.7 cm³/mol. The summed E-state index contributed by atoms with van der Waals surface area (Å²) in [5.41, 5.74) is 1.15. The van der Waals surface area contributed by atoms with Gasteiger partial charge in [0, 0.05) is 12.7 Å². The largest absolute Gasteiger partial charge is 0.464 e. The van der Waals surface area contributed by atoms with Crippen LogP contribution in [0.25, 0.3) is 0 Å². The van der Waals surface area contributed by atoms with E-state index in [1.165, 1.54) is 0 Å². The van der Waals surface area contributed by atoms with Gasteiger partial charge in [-0.15, -0.1) is 0 Å². The Balaban J connectivity index is 2.03. The van der Waals surface area contributed by atoms with Gasteiger partial charge in [0.15, 0.2) is 0 Å². The maximum Gasteiger partial charge on any atom is 0.205 e. The first-order chi connectivity index (χ1) is 7.40. The van der Waals surface area contributed by atoms with Gasteiger partial charge in [-0.05, 0) is 12.5 Å². The second-order valence-corrected chi connectivity index (χ2v) is 4.00. The zero-order valence-electron chi connectivity index (χ0n) is 8.68. The number of ether oxygens (including phenoxy) is 3. The average molecular weight is 206 g/mol. The highest BCUT2D eigenvalue weighted by atomic mass is 16.7. The molecule has 2 aliphatic rings. The number of rotatable bonds is 1. The lowest BCUT2D eigenvalue weighted by molar-refractivity contribution is -0.112. The third-order valence-electron chi connectivity index (χ3n) is 3.19. The van der Waals surface area contributed by atoms with Crippen LogP contribution in [0.1, 0.15) is 18.1 Å². The molecule has 0 saturated carbocycles. The summed E-state index contributed by atoms with van der Waals surface area (Å²) in [4.78, 5) is 0. The maximum absolute atomic E-state index is 5.79. The first-order valence-electron chi connectivity index (χ1n) is 5.30. The lowest BCUT2D eigenvalue weighted by atomic mass is 9.91. The molecule has 15 heavy (non-hydrogen) atoms. The third kappa shape index (κ3) is 1.34. The number of para-hydroxylation sites is 1. The molecule has 0 radical (unpaired) electrons. The predicted octanol–water partition coefficient (Wildman–Crippen LogP) is 2.13. The summed E-state index contributed by atoms with van der Waals surface area (Å²) in [5.74, 6) is 1.23. The van der Waals surface area contributed by atoms with Crippen molar-refractivity contribution in [3.8, 4) is 5.75 Å². The van der Waals surface area contributed by atoms with Gasteiger partial charge in [-0.2, -0.15) is 0 Å². The van der Waals surface area contributed by atoms with Crippen molar-refractivity contribution in [2.24, 2.45) is 5.92 Å². The van der Waals surface area contributed by atoms with Crippen molar-refractivity contribution in [3.05, 3.63) is 29.8 Å². The second kappa shape index (κ2) is 3.51. The van der Waals surface area contributed by atoms with Crippen molar-refractivity contribution < 1.29 is 14.2 Å². The molecule has 1 aromatic carbocycles. The minimum Gasteiger partial charge on any atom is -0.464 e. The number of methoxy groups -OCH3 is 1. The first-order valence-corrected chi connectivity index (χ1v) is 5.30. The molecule has 2 aliphatic heterocycles. The van der Waals surface area contributed by atoms with Crippen molar-refractivity contribution in [2.45, 2.75) is 18.8 Å². The molecule has 3 heteroatoms. The van der Waals surface area contributed by atoms with Gasteiger partial charge in [-0.25, -0.2) is 0 Å². The lowest BCUT2D eigenvalue weighted by Gasteiger charge is -2.33. The normalized spacial score (nSPS) is 33.0. The number of fused-ring (bicyclic) bond motifs is 2. The molecule has 1 aromatic rings. The van der Waals surface area contributed by atoms with Crippen LogP contribution in [-0.2, 0) is 9.47 Å². The third-order valence-corrected chi connectivity index (χ3v) is 3.19. The van der Waals surface area contributed by atoms with Crippen LogP contribution in [0.15, 0.2) is 24.3 Å². The Kier molecular flexibility index (Phi) is 2.15. The van der Waals surface area contributed by atoms with E-state index in [2.05, 4.69) is 6.07 Å². The number of benzene rings is 1. The van der Waals surface area contributed by atoms with E-state index in [1.807, 2.05) is 18.2 Å². The van der Waals surface area contributed by atoms with Gasteiger partial charge in [0.1, 0.15) is 5.75 Å². The molecule has 0 aromatic heterocycles. The molecule has 1 saturated heterocycles. The fourth-order valence-corrected chi connectivity index (χ4v) is 2.48. The molecule has 80 valence electrons. The highest BCUT2D eigenvalue weighted by Gasteiger charge is 2.42. The van der Waals surface area contributed by atoms with Gasteiger partial charge < -0.3 is 14.2 Å². The van der Waals surface area contributed by atoms with E-state index in [0.29, 0.717) is 5.92 Å². The molecule has 1 fully saturated rings. The van der Waals surface area contributed by atoms with Gasteiger partial charge in [-0.3, -0.25) is 0 Å². The van der Waals surface area contributed by atoms with Crippen LogP contribution in [0.4, 0.5) is 0 Å². The molecular weight excluding hydrogens is 192 g/mol. The second-order valence-electron chi connectivity index (χ2n) is 4.00. The zero-order chi connectivity index (χ0) is 10.3. The molecule has 0 spiro atoms. The summed E-state index contributed by atoms with van der Waals surface area (Å²) >= 11 is 0. The van der Waals surface area contributed by atoms with Gasteiger partial charge >= 0.3 is 0 Å². The van der Waals surface area contributed by atoms with E-state index in [-0.39, 0.29) is 12.4 Å². The Morgan fingerprint density at radius 1 is 1.33 bits per heavy atom. The van der Waals surface area contributed by atoms with Crippen LogP contribution in [0.3, 0.4) is 0 Å². The van der Waals surface area contributed by atoms with E-state index in [0.717, 1.165) is 24.3 Å². The standard InChI is InChI=1S/C12H14O3/c1-13-11-8-4-2-3-5-10(8)15-12-9(11)6-7-14-12/h2-5,9,11-12H,6-7H2,1H3. The molecule has 3 atom stereocenters. The Labute approximate surface area is 89.0 Å². The van der Waals surface area contributed by atoms with E-state index in [4.69, 9.17) is 14.2 Å². The molecule has 0 aliphatic carbocycles. The van der Waals surface area contributed by atoms with Crippen molar-refractivity contribution in [1.82, 2.24) is 0 Å². The molecule has 3 unspecified atom stereocenters. The van der Waals surface area contributed by atoms with E-state index in [9.17, 15) is 0 Å². The highest BCUT2D eigenvalue weighted by molar-refractivity contribution is 5.37. The van der Waals surface area contributed by atoms with Crippen LogP contribution >= 0.6 is 0 Å². The van der Waals surface area contributed by atoms with Crippen LogP contribution in [0.2, 0.25) is 0 Å². The molecule has 0 bridgehead atoms. The fourth-order valence-electron chi connectivity index (χ4n) is 2.48. The fraction of sp³-hybridized carbons (Fsp3) is 0.500. The van der Waals surface area contributed by atoms with Crippen molar-refractivity contribution in [1.29, 1.82) is 0 Å². The molecule has 3 rings (SSSR count). The van der Waals surface area contributed by atoms with Crippen molar-refractivity contribution >= 4 is 0 Å². The van der Waals surface area contributed by atoms with E-state index >= 15 is 0 Å². The van der Waals surface area contributed by atoms with Crippen LogP contribution < -0.4 is 4.74 Å². The SMILES string of the molecule is COC1c2ccccc2OC2OCCC21. The van der Waals surface area contributed by atoms with Crippen LogP contribution in [0.5, 0.6) is 5.75 Å². The van der Waals surface area contributed by atoms with Crippen molar-refractivity contribution in [3.63, 3.8) is 0 Å². The van der Waals surface area contributed by atoms with Gasteiger partial charge in [0.05, 0.1) is 18.6 Å². The quantitative estimate of drug-likeness (QED) is 0.704. The van der Waals surface area contributed by atoms with Gasteiger partial charge in [0.2, 0.25) is 6.29 Å². The van der Waals surface area contributed by atoms with E-state index in [1.54, 1.807) is 7.11 Å². The molecule has 0 N–H and O–H groups in total. The van der Waals surface area contributed by atoms with Gasteiger partial charge in [0.25, 0.3) is 0 Å². The lowest BCUT2D eigenvalue weighted by Crippen LogP contribution is -2.33. The van der Waals surface area contributed by atoms with Crippen LogP contribution in [0, 0.1) is 5.92 Å². The first kappa shape index (κ1) is 9.19. The summed E-state index contributed by atoms with van der Waals surface area (Å²) in [6.07, 6.45) is 1.00. The Bertz CT molecular complexity index is 364. The zero-order valence-corrected chi connectivity index (χ0v) is 8.68. The smallest absolute Gasteiger partial charge is 0.205 e. The molecular formula is C12H14O3. The van der Waals surface area contributed by atoms with Crippen molar-refractivity contribution in [2.75, 3.05) is 13.7 Å². The molecule has 3 nitrogen and oxygen atoms in total. The minimum atomic E-state index is -0.121. The topological polar surface area (TPSA) is 27.7 Å². The number of hydrogen-bond acceptors (Lipinski definition) is 3. The Morgan fingerprint density at radius 3 is 3.07 bits per heavy atom. The number of hydrogen-bond donors (Lipinski definition) is 0. The summed E-state index contributed by atoms with van der Waals surface area (Å²) in [6.45, 7) is 0.767. The highest BCUT2D eigenvalue weighted by Crippen LogP contribution is 2.44. The summed E-state index contributed by atoms with van der Waals surface area (Å²) in [7, 11) is 1.75. The summed E-state index contributed by atoms with van der Waals surface area (Å²) in [5, 5.41) is 0. The average Bonchev–Trinajstić information content (AvgIpc) is 2.73. The van der Waals surface area contributed by atoms with Gasteiger partial charge in [-0.1, -0.05) is 18.2 Å². The molecule has 2 heterocycles. The summed E-state index contributed by atoms with van der Waals surface area (Å²) < 4.78 is 16.9. The molecule has 0 amide bonds. The summed E-state index contributed by atoms with van der Waals surface area (Å²) in [6, 6.07) is 8.03. The minimum absolute atomic E-state index is 0.113. The maximum atomic E-state index is 5.79.